The molecule has 0 aliphatic heterocycles. The van der Waals surface area contributed by atoms with Crippen LogP contribution in [-0.4, -0.2) is 70.9 Å². The first kappa shape index (κ1) is 26.5. The van der Waals surface area contributed by atoms with Crippen LogP contribution in [0.2, 0.25) is 0 Å². The molecule has 0 aliphatic rings. The number of aromatic nitrogens is 2. The molecule has 2 unspecified atom stereocenters. The van der Waals surface area contributed by atoms with E-state index in [-0.39, 0.29) is 36.6 Å². The molecule has 30 heavy (non-hydrogen) atoms. The van der Waals surface area contributed by atoms with Crippen LogP contribution in [0.4, 0.5) is 5.95 Å². The normalized spacial score (nSPS) is 15.3. The second-order valence-corrected chi connectivity index (χ2v) is 9.82. The summed E-state index contributed by atoms with van der Waals surface area (Å²) in [5.74, 6) is -1.39. The van der Waals surface area contributed by atoms with Crippen LogP contribution in [0.5, 0.6) is 5.75 Å². The van der Waals surface area contributed by atoms with E-state index in [4.69, 9.17) is 9.05 Å². The lowest BCUT2D eigenvalue weighted by Crippen LogP contribution is -2.33. The van der Waals surface area contributed by atoms with Crippen molar-refractivity contribution in [1.82, 2.24) is 13.9 Å². The summed E-state index contributed by atoms with van der Waals surface area (Å²) >= 11 is 4.08. The van der Waals surface area contributed by atoms with Gasteiger partial charge in [-0.25, -0.2) is 8.96 Å². The third kappa shape index (κ3) is 6.73. The fourth-order valence-corrected chi connectivity index (χ4v) is 4.79. The first-order valence-corrected chi connectivity index (χ1v) is 11.9. The van der Waals surface area contributed by atoms with Crippen molar-refractivity contribution >= 4 is 32.3 Å². The zero-order chi connectivity index (χ0) is 23.2. The van der Waals surface area contributed by atoms with Crippen molar-refractivity contribution < 1.29 is 23.5 Å². The van der Waals surface area contributed by atoms with E-state index in [1.54, 1.807) is 7.05 Å². The number of amides is 1. The number of nitrogens with zero attached hydrogens (tertiary/aromatic N) is 4. The van der Waals surface area contributed by atoms with Gasteiger partial charge in [0.05, 0.1) is 18.4 Å². The molecule has 0 bridgehead atoms. The maximum atomic E-state index is 13.3. The number of carbonyl (C=O) groups excluding carboxylic acids is 1. The molecule has 0 aromatic carbocycles. The number of aromatic hydroxyl groups is 1. The van der Waals surface area contributed by atoms with Crippen LogP contribution in [0.25, 0.3) is 0 Å². The lowest BCUT2D eigenvalue weighted by Gasteiger charge is -2.27. The zero-order valence-electron chi connectivity index (χ0n) is 18.7. The SMILES string of the molecule is CCC(C)OP(=O)(CCN(C)c1nc(C(=O)N(C)C)c(O)c(=O)n1S)OC(C)CC. The van der Waals surface area contributed by atoms with Crippen molar-refractivity contribution in [2.24, 2.45) is 0 Å². The molecule has 0 aliphatic carbocycles. The summed E-state index contributed by atoms with van der Waals surface area (Å²) in [6, 6.07) is 0. The molecule has 1 rings (SSSR count). The summed E-state index contributed by atoms with van der Waals surface area (Å²) in [7, 11) is 1.13. The van der Waals surface area contributed by atoms with Gasteiger partial charge in [0, 0.05) is 27.7 Å². The van der Waals surface area contributed by atoms with Crippen molar-refractivity contribution in [3.05, 3.63) is 16.0 Å². The molecule has 1 aromatic rings. The maximum Gasteiger partial charge on any atom is 0.332 e. The van der Waals surface area contributed by atoms with Gasteiger partial charge in [0.1, 0.15) is 0 Å². The molecule has 0 spiro atoms. The number of thiol groups is 1. The average Bonchev–Trinajstić information content (AvgIpc) is 2.69. The largest absolute Gasteiger partial charge is 0.501 e. The molecule has 10 nitrogen and oxygen atoms in total. The van der Waals surface area contributed by atoms with E-state index >= 15 is 0 Å². The van der Waals surface area contributed by atoms with Crippen molar-refractivity contribution in [3.8, 4) is 5.75 Å². The first-order chi connectivity index (χ1) is 13.9. The van der Waals surface area contributed by atoms with Gasteiger partial charge in [-0.3, -0.25) is 14.2 Å². The summed E-state index contributed by atoms with van der Waals surface area (Å²) < 4.78 is 25.5. The monoisotopic (exact) mass is 464 g/mol. The highest BCUT2D eigenvalue weighted by Crippen LogP contribution is 2.51. The van der Waals surface area contributed by atoms with Crippen molar-refractivity contribution in [2.75, 3.05) is 38.7 Å². The highest BCUT2D eigenvalue weighted by Gasteiger charge is 2.30. The highest BCUT2D eigenvalue weighted by atomic mass is 32.1. The number of anilines is 1. The third-order valence-corrected chi connectivity index (χ3v) is 6.98. The van der Waals surface area contributed by atoms with Crippen molar-refractivity contribution in [3.63, 3.8) is 0 Å². The minimum Gasteiger partial charge on any atom is -0.501 e. The summed E-state index contributed by atoms with van der Waals surface area (Å²) in [5.41, 5.74) is -1.26. The number of carbonyl (C=O) groups is 1. The quantitative estimate of drug-likeness (QED) is 0.379. The number of rotatable bonds is 11. The van der Waals surface area contributed by atoms with E-state index in [9.17, 15) is 19.3 Å². The molecule has 172 valence electrons. The Morgan fingerprint density at radius 3 is 2.13 bits per heavy atom. The fourth-order valence-electron chi connectivity index (χ4n) is 2.30. The molecular formula is C18H33N4O6PS. The van der Waals surface area contributed by atoms with Gasteiger partial charge < -0.3 is 24.0 Å². The third-order valence-electron chi connectivity index (χ3n) is 4.51. The van der Waals surface area contributed by atoms with Gasteiger partial charge in [0.25, 0.3) is 5.91 Å². The molecule has 12 heteroatoms. The van der Waals surface area contributed by atoms with Gasteiger partial charge in [-0.2, -0.15) is 0 Å². The molecule has 1 amide bonds. The van der Waals surface area contributed by atoms with Gasteiger partial charge in [0.15, 0.2) is 5.69 Å². The molecule has 1 heterocycles. The van der Waals surface area contributed by atoms with E-state index < -0.39 is 24.8 Å². The summed E-state index contributed by atoms with van der Waals surface area (Å²) in [6.45, 7) is 7.64. The Morgan fingerprint density at radius 1 is 1.20 bits per heavy atom. The Kier molecular flexibility index (Phi) is 9.87. The molecule has 2 atom stereocenters. The molecular weight excluding hydrogens is 431 g/mol. The van der Waals surface area contributed by atoms with Gasteiger partial charge in [-0.1, -0.05) is 26.7 Å². The maximum absolute atomic E-state index is 13.3. The van der Waals surface area contributed by atoms with Gasteiger partial charge in [-0.05, 0) is 26.7 Å². The second-order valence-electron chi connectivity index (χ2n) is 7.33. The summed E-state index contributed by atoms with van der Waals surface area (Å²) in [5, 5.41) is 10.0. The molecule has 0 radical (unpaired) electrons. The van der Waals surface area contributed by atoms with Gasteiger partial charge in [0.2, 0.25) is 11.7 Å². The smallest absolute Gasteiger partial charge is 0.332 e. The summed E-state index contributed by atoms with van der Waals surface area (Å²) in [4.78, 5) is 31.4. The van der Waals surface area contributed by atoms with Crippen LogP contribution in [0.1, 0.15) is 51.0 Å². The Balaban J connectivity index is 3.18. The van der Waals surface area contributed by atoms with Crippen LogP contribution in [0.15, 0.2) is 4.79 Å². The molecule has 1 aromatic heterocycles. The molecule has 1 N–H and O–H groups in total. The fraction of sp³-hybridized carbons (Fsp3) is 0.722. The van der Waals surface area contributed by atoms with E-state index in [1.165, 1.54) is 23.9 Å². The second kappa shape index (κ2) is 11.2. The predicted molar refractivity (Wildman–Crippen MR) is 120 cm³/mol. The Labute approximate surface area is 183 Å². The lowest BCUT2D eigenvalue weighted by molar-refractivity contribution is 0.0818. The number of hydrogen-bond acceptors (Lipinski definition) is 9. The standard InChI is InChI=1S/C18H33N4O6PS/c1-8-12(3)27-29(26,28-13(4)9-2)11-10-21(7)18-19-14(16(24)20(5)6)15(23)17(25)22(18)30/h12-13,23,30H,8-11H2,1-7H3. The Morgan fingerprint density at radius 2 is 1.70 bits per heavy atom. The van der Waals surface area contributed by atoms with E-state index in [0.717, 1.165) is 3.97 Å². The minimum absolute atomic E-state index is 0.0185. The topological polar surface area (TPSA) is 114 Å². The van der Waals surface area contributed by atoms with Crippen LogP contribution in [0, 0.1) is 0 Å². The van der Waals surface area contributed by atoms with Crippen LogP contribution < -0.4 is 10.5 Å². The minimum atomic E-state index is -3.43. The first-order valence-electron chi connectivity index (χ1n) is 9.80. The van der Waals surface area contributed by atoms with E-state index in [2.05, 4.69) is 17.8 Å². The number of hydrogen-bond donors (Lipinski definition) is 2. The molecule has 0 saturated carbocycles. The molecule has 0 saturated heterocycles. The Hall–Kier alpha value is -1.55. The van der Waals surface area contributed by atoms with Gasteiger partial charge >= 0.3 is 13.2 Å². The average molecular weight is 465 g/mol. The highest BCUT2D eigenvalue weighted by molar-refractivity contribution is 7.78. The van der Waals surface area contributed by atoms with Crippen molar-refractivity contribution in [1.29, 1.82) is 0 Å². The van der Waals surface area contributed by atoms with Crippen LogP contribution in [0.3, 0.4) is 0 Å². The zero-order valence-corrected chi connectivity index (χ0v) is 20.4. The van der Waals surface area contributed by atoms with Gasteiger partial charge in [-0.15, -0.1) is 0 Å². The summed E-state index contributed by atoms with van der Waals surface area (Å²) in [6.07, 6.45) is 0.901. The van der Waals surface area contributed by atoms with Crippen LogP contribution in [-0.2, 0) is 13.6 Å². The van der Waals surface area contributed by atoms with E-state index in [0.29, 0.717) is 12.8 Å². The van der Waals surface area contributed by atoms with E-state index in [1.807, 2.05) is 27.7 Å². The molecule has 0 fully saturated rings. The Bertz CT molecular complexity index is 831. The predicted octanol–water partition coefficient (Wildman–Crippen LogP) is 2.60. The van der Waals surface area contributed by atoms with Crippen molar-refractivity contribution in [2.45, 2.75) is 52.7 Å². The lowest BCUT2D eigenvalue weighted by atomic mass is 10.3. The van der Waals surface area contributed by atoms with Crippen LogP contribution >= 0.6 is 20.4 Å².